The summed E-state index contributed by atoms with van der Waals surface area (Å²) in [6, 6.07) is 5.04. The molecule has 0 aliphatic carbocycles. The average molecular weight is 252 g/mol. The van der Waals surface area contributed by atoms with Crippen LogP contribution < -0.4 is 0 Å². The molecular weight excluding hydrogens is 242 g/mol. The van der Waals surface area contributed by atoms with Gasteiger partial charge in [-0.25, -0.2) is 4.79 Å². The van der Waals surface area contributed by atoms with Gasteiger partial charge >= 0.3 is 5.97 Å². The fourth-order valence-electron chi connectivity index (χ4n) is 1.47. The van der Waals surface area contributed by atoms with Crippen molar-refractivity contribution in [3.8, 4) is 5.69 Å². The normalized spacial score (nSPS) is 10.2. The molecule has 5 nitrogen and oxygen atoms in total. The van der Waals surface area contributed by atoms with Crippen molar-refractivity contribution in [1.82, 2.24) is 14.8 Å². The second-order valence-corrected chi connectivity index (χ2v) is 3.63. The molecule has 0 aliphatic rings. The molecule has 0 unspecified atom stereocenters. The van der Waals surface area contributed by atoms with Gasteiger partial charge in [-0.2, -0.15) is 0 Å². The zero-order chi connectivity index (χ0) is 12.3. The van der Waals surface area contributed by atoms with Crippen LogP contribution in [0, 0.1) is 0 Å². The third-order valence-corrected chi connectivity index (χ3v) is 2.46. The Morgan fingerprint density at radius 3 is 2.76 bits per heavy atom. The van der Waals surface area contributed by atoms with Crippen LogP contribution in [0.1, 0.15) is 17.3 Å². The van der Waals surface area contributed by atoms with Gasteiger partial charge in [0.1, 0.15) is 12.7 Å². The van der Waals surface area contributed by atoms with Crippen molar-refractivity contribution in [2.24, 2.45) is 0 Å². The molecule has 0 atom stereocenters. The van der Waals surface area contributed by atoms with Crippen LogP contribution in [0.2, 0.25) is 5.02 Å². The van der Waals surface area contributed by atoms with Crippen molar-refractivity contribution in [3.63, 3.8) is 0 Å². The third kappa shape index (κ3) is 2.29. The molecule has 17 heavy (non-hydrogen) atoms. The zero-order valence-corrected chi connectivity index (χ0v) is 9.89. The third-order valence-electron chi connectivity index (χ3n) is 2.16. The molecule has 88 valence electrons. The van der Waals surface area contributed by atoms with E-state index in [2.05, 4.69) is 10.2 Å². The minimum Gasteiger partial charge on any atom is -0.462 e. The van der Waals surface area contributed by atoms with Crippen LogP contribution >= 0.6 is 11.6 Å². The van der Waals surface area contributed by atoms with Crippen LogP contribution in [-0.2, 0) is 4.74 Å². The fraction of sp³-hybridized carbons (Fsp3) is 0.182. The number of carbonyl (C=O) groups is 1. The lowest BCUT2D eigenvalue weighted by Crippen LogP contribution is -2.09. The molecule has 1 aromatic carbocycles. The Kier molecular flexibility index (Phi) is 3.39. The molecule has 0 bridgehead atoms. The van der Waals surface area contributed by atoms with Gasteiger partial charge < -0.3 is 4.74 Å². The number of nitrogens with zero attached hydrogens (tertiary/aromatic N) is 3. The van der Waals surface area contributed by atoms with E-state index in [1.807, 2.05) is 0 Å². The van der Waals surface area contributed by atoms with E-state index in [0.29, 0.717) is 22.9 Å². The van der Waals surface area contributed by atoms with E-state index in [1.165, 1.54) is 12.7 Å². The summed E-state index contributed by atoms with van der Waals surface area (Å²) in [4.78, 5) is 11.8. The lowest BCUT2D eigenvalue weighted by atomic mass is 10.2. The molecule has 2 aromatic rings. The molecule has 0 radical (unpaired) electrons. The Morgan fingerprint density at radius 2 is 2.12 bits per heavy atom. The van der Waals surface area contributed by atoms with E-state index in [4.69, 9.17) is 16.3 Å². The molecular formula is C11H10ClN3O2. The number of hydrogen-bond acceptors (Lipinski definition) is 4. The van der Waals surface area contributed by atoms with Gasteiger partial charge in [0.25, 0.3) is 0 Å². The minimum absolute atomic E-state index is 0.312. The summed E-state index contributed by atoms with van der Waals surface area (Å²) in [6.07, 6.45) is 2.95. The molecule has 0 saturated heterocycles. The minimum atomic E-state index is -0.418. The standard InChI is InChI=1S/C11H10ClN3O2/c1-2-17-11(16)8-4-3-5-9(12)10(8)15-6-13-14-7-15/h3-7H,2H2,1H3. The van der Waals surface area contributed by atoms with E-state index < -0.39 is 5.97 Å². The van der Waals surface area contributed by atoms with E-state index in [0.717, 1.165) is 0 Å². The number of esters is 1. The highest BCUT2D eigenvalue weighted by molar-refractivity contribution is 6.33. The van der Waals surface area contributed by atoms with E-state index >= 15 is 0 Å². The lowest BCUT2D eigenvalue weighted by molar-refractivity contribution is 0.0526. The van der Waals surface area contributed by atoms with Crippen molar-refractivity contribution in [2.75, 3.05) is 6.61 Å². The Labute approximate surface area is 103 Å². The van der Waals surface area contributed by atoms with Crippen LogP contribution in [0.25, 0.3) is 5.69 Å². The molecule has 6 heteroatoms. The number of rotatable bonds is 3. The summed E-state index contributed by atoms with van der Waals surface area (Å²) in [5, 5.41) is 7.82. The van der Waals surface area contributed by atoms with Gasteiger partial charge in [0.15, 0.2) is 0 Å². The summed E-state index contributed by atoms with van der Waals surface area (Å²) < 4.78 is 6.55. The number of benzene rings is 1. The highest BCUT2D eigenvalue weighted by Crippen LogP contribution is 2.24. The topological polar surface area (TPSA) is 57.0 Å². The molecule has 0 amide bonds. The number of halogens is 1. The number of ether oxygens (including phenoxy) is 1. The van der Waals surface area contributed by atoms with E-state index in [9.17, 15) is 4.79 Å². The zero-order valence-electron chi connectivity index (χ0n) is 9.13. The number of para-hydroxylation sites is 1. The molecule has 2 rings (SSSR count). The van der Waals surface area contributed by atoms with Crippen LogP contribution in [0.5, 0.6) is 0 Å². The first-order valence-electron chi connectivity index (χ1n) is 5.04. The van der Waals surface area contributed by atoms with Crippen molar-refractivity contribution in [2.45, 2.75) is 6.92 Å². The predicted octanol–water partition coefficient (Wildman–Crippen LogP) is 2.10. The van der Waals surface area contributed by atoms with Crippen molar-refractivity contribution < 1.29 is 9.53 Å². The SMILES string of the molecule is CCOC(=O)c1cccc(Cl)c1-n1cnnc1. The molecule has 0 aliphatic heterocycles. The quantitative estimate of drug-likeness (QED) is 0.784. The van der Waals surface area contributed by atoms with E-state index in [-0.39, 0.29) is 0 Å². The van der Waals surface area contributed by atoms with Crippen LogP contribution in [-0.4, -0.2) is 27.3 Å². The highest BCUT2D eigenvalue weighted by atomic mass is 35.5. The first kappa shape index (κ1) is 11.6. The van der Waals surface area contributed by atoms with Crippen LogP contribution in [0.3, 0.4) is 0 Å². The monoisotopic (exact) mass is 251 g/mol. The summed E-state index contributed by atoms with van der Waals surface area (Å²) in [7, 11) is 0. The molecule has 0 N–H and O–H groups in total. The molecule has 0 fully saturated rings. The van der Waals surface area contributed by atoms with Gasteiger partial charge in [-0.15, -0.1) is 10.2 Å². The average Bonchev–Trinajstić information content (AvgIpc) is 2.82. The smallest absolute Gasteiger partial charge is 0.340 e. The second-order valence-electron chi connectivity index (χ2n) is 3.23. The summed E-state index contributed by atoms with van der Waals surface area (Å²) in [6.45, 7) is 2.06. The van der Waals surface area contributed by atoms with Gasteiger partial charge in [-0.3, -0.25) is 4.57 Å². The molecule has 1 aromatic heterocycles. The molecule has 1 heterocycles. The summed E-state index contributed by atoms with van der Waals surface area (Å²) in [5.74, 6) is -0.418. The fourth-order valence-corrected chi connectivity index (χ4v) is 1.74. The van der Waals surface area contributed by atoms with Gasteiger partial charge in [0, 0.05) is 0 Å². The Balaban J connectivity index is 2.53. The van der Waals surface area contributed by atoms with Crippen LogP contribution in [0.4, 0.5) is 0 Å². The predicted molar refractivity (Wildman–Crippen MR) is 62.3 cm³/mol. The van der Waals surface area contributed by atoms with Gasteiger partial charge in [-0.1, -0.05) is 17.7 Å². The first-order valence-corrected chi connectivity index (χ1v) is 5.42. The van der Waals surface area contributed by atoms with Crippen molar-refractivity contribution >= 4 is 17.6 Å². The number of aromatic nitrogens is 3. The second kappa shape index (κ2) is 4.97. The van der Waals surface area contributed by atoms with Crippen molar-refractivity contribution in [1.29, 1.82) is 0 Å². The largest absolute Gasteiger partial charge is 0.462 e. The Bertz CT molecular complexity index is 526. The summed E-state index contributed by atoms with van der Waals surface area (Å²) in [5.41, 5.74) is 0.914. The molecule has 0 saturated carbocycles. The van der Waals surface area contributed by atoms with E-state index in [1.54, 1.807) is 29.7 Å². The maximum atomic E-state index is 11.8. The number of hydrogen-bond donors (Lipinski definition) is 0. The molecule has 0 spiro atoms. The highest BCUT2D eigenvalue weighted by Gasteiger charge is 2.16. The van der Waals surface area contributed by atoms with Gasteiger partial charge in [0.2, 0.25) is 0 Å². The summed E-state index contributed by atoms with van der Waals surface area (Å²) >= 11 is 6.08. The van der Waals surface area contributed by atoms with Crippen molar-refractivity contribution in [3.05, 3.63) is 41.4 Å². The Morgan fingerprint density at radius 1 is 1.41 bits per heavy atom. The van der Waals surface area contributed by atoms with Crippen LogP contribution in [0.15, 0.2) is 30.9 Å². The lowest BCUT2D eigenvalue weighted by Gasteiger charge is -2.10. The first-order chi connectivity index (χ1) is 8.24. The van der Waals surface area contributed by atoms with Gasteiger partial charge in [-0.05, 0) is 19.1 Å². The Hall–Kier alpha value is -1.88. The maximum absolute atomic E-state index is 11.8. The maximum Gasteiger partial charge on any atom is 0.340 e. The van der Waals surface area contributed by atoms with Gasteiger partial charge in [0.05, 0.1) is 22.9 Å². The number of carbonyl (C=O) groups excluding carboxylic acids is 1.